The maximum atomic E-state index is 12.2. The van der Waals surface area contributed by atoms with Crippen LogP contribution in [-0.2, 0) is 16.6 Å². The van der Waals surface area contributed by atoms with Gasteiger partial charge in [-0.05, 0) is 36.6 Å². The number of rotatable bonds is 7. The van der Waals surface area contributed by atoms with Gasteiger partial charge in [-0.1, -0.05) is 32.9 Å². The standard InChI is InChI=1S/C14H24N2O2S/c1-11(2)12(3)9-16-19(17,18)14-7-5-6-13(8-14)10-15-4/h5-8,11-12,15-16H,9-10H2,1-4H3. The first kappa shape index (κ1) is 16.1. The summed E-state index contributed by atoms with van der Waals surface area (Å²) >= 11 is 0. The highest BCUT2D eigenvalue weighted by molar-refractivity contribution is 7.89. The molecule has 5 heteroatoms. The van der Waals surface area contributed by atoms with Crippen LogP contribution in [0.15, 0.2) is 29.2 Å². The summed E-state index contributed by atoms with van der Waals surface area (Å²) in [4.78, 5) is 0.330. The molecule has 0 saturated heterocycles. The molecule has 0 aliphatic heterocycles. The lowest BCUT2D eigenvalue weighted by molar-refractivity contribution is 0.414. The van der Waals surface area contributed by atoms with Gasteiger partial charge in [-0.2, -0.15) is 0 Å². The fourth-order valence-electron chi connectivity index (χ4n) is 1.59. The van der Waals surface area contributed by atoms with Crippen molar-refractivity contribution in [2.24, 2.45) is 11.8 Å². The molecule has 0 aliphatic carbocycles. The summed E-state index contributed by atoms with van der Waals surface area (Å²) in [5.74, 6) is 0.772. The van der Waals surface area contributed by atoms with Crippen molar-refractivity contribution in [2.75, 3.05) is 13.6 Å². The molecule has 2 N–H and O–H groups in total. The molecule has 0 saturated carbocycles. The molecule has 0 aromatic heterocycles. The molecule has 0 aliphatic rings. The van der Waals surface area contributed by atoms with Gasteiger partial charge >= 0.3 is 0 Å². The van der Waals surface area contributed by atoms with E-state index in [-0.39, 0.29) is 0 Å². The van der Waals surface area contributed by atoms with Crippen molar-refractivity contribution in [3.63, 3.8) is 0 Å². The molecule has 0 radical (unpaired) electrons. The highest BCUT2D eigenvalue weighted by Gasteiger charge is 2.16. The molecule has 1 rings (SSSR count). The second-order valence-corrected chi connectivity index (χ2v) is 7.02. The van der Waals surface area contributed by atoms with Crippen LogP contribution in [0, 0.1) is 11.8 Å². The minimum absolute atomic E-state index is 0.315. The molecule has 1 atom stereocenters. The topological polar surface area (TPSA) is 58.2 Å². The fraction of sp³-hybridized carbons (Fsp3) is 0.571. The smallest absolute Gasteiger partial charge is 0.240 e. The summed E-state index contributed by atoms with van der Waals surface area (Å²) in [7, 11) is -1.57. The maximum Gasteiger partial charge on any atom is 0.240 e. The molecule has 0 heterocycles. The van der Waals surface area contributed by atoms with Crippen LogP contribution in [0.5, 0.6) is 0 Å². The number of hydrogen-bond donors (Lipinski definition) is 2. The summed E-state index contributed by atoms with van der Waals surface area (Å²) in [6, 6.07) is 7.01. The van der Waals surface area contributed by atoms with Crippen LogP contribution in [0.4, 0.5) is 0 Å². The van der Waals surface area contributed by atoms with Gasteiger partial charge in [-0.3, -0.25) is 0 Å². The number of nitrogens with one attached hydrogen (secondary N) is 2. The lowest BCUT2D eigenvalue weighted by Crippen LogP contribution is -2.30. The Hall–Kier alpha value is -0.910. The first-order valence-electron chi connectivity index (χ1n) is 6.60. The second-order valence-electron chi connectivity index (χ2n) is 5.25. The summed E-state index contributed by atoms with van der Waals surface area (Å²) in [5, 5.41) is 3.01. The van der Waals surface area contributed by atoms with E-state index in [1.807, 2.05) is 20.0 Å². The van der Waals surface area contributed by atoms with E-state index in [4.69, 9.17) is 0 Å². The van der Waals surface area contributed by atoms with Gasteiger partial charge in [0.15, 0.2) is 0 Å². The average Bonchev–Trinajstić information content (AvgIpc) is 2.36. The highest BCUT2D eigenvalue weighted by atomic mass is 32.2. The molecule has 0 bridgehead atoms. The van der Waals surface area contributed by atoms with Crippen LogP contribution in [0.1, 0.15) is 26.3 Å². The van der Waals surface area contributed by atoms with Gasteiger partial charge in [0.2, 0.25) is 10.0 Å². The van der Waals surface area contributed by atoms with Crippen molar-refractivity contribution in [1.82, 2.24) is 10.0 Å². The van der Waals surface area contributed by atoms with Gasteiger partial charge in [0.05, 0.1) is 4.90 Å². The Balaban J connectivity index is 2.79. The minimum atomic E-state index is -3.41. The summed E-state index contributed by atoms with van der Waals surface area (Å²) in [6.45, 7) is 7.35. The van der Waals surface area contributed by atoms with Crippen LogP contribution in [0.2, 0.25) is 0 Å². The van der Waals surface area contributed by atoms with Crippen molar-refractivity contribution < 1.29 is 8.42 Å². The zero-order valence-corrected chi connectivity index (χ0v) is 12.9. The Kier molecular flexibility index (Phi) is 5.97. The van der Waals surface area contributed by atoms with Crippen molar-refractivity contribution >= 4 is 10.0 Å². The van der Waals surface area contributed by atoms with Crippen molar-refractivity contribution in [1.29, 1.82) is 0 Å². The highest BCUT2D eigenvalue weighted by Crippen LogP contribution is 2.13. The quantitative estimate of drug-likeness (QED) is 0.805. The monoisotopic (exact) mass is 284 g/mol. The number of benzene rings is 1. The molecular weight excluding hydrogens is 260 g/mol. The minimum Gasteiger partial charge on any atom is -0.316 e. The Morgan fingerprint density at radius 1 is 1.21 bits per heavy atom. The number of hydrogen-bond acceptors (Lipinski definition) is 3. The Morgan fingerprint density at radius 3 is 2.47 bits per heavy atom. The second kappa shape index (κ2) is 7.03. The van der Waals surface area contributed by atoms with Gasteiger partial charge in [-0.15, -0.1) is 0 Å². The van der Waals surface area contributed by atoms with Crippen LogP contribution in [0.25, 0.3) is 0 Å². The molecule has 0 amide bonds. The van der Waals surface area contributed by atoms with Gasteiger partial charge in [0.25, 0.3) is 0 Å². The maximum absolute atomic E-state index is 12.2. The third-order valence-electron chi connectivity index (χ3n) is 3.32. The first-order valence-corrected chi connectivity index (χ1v) is 8.08. The van der Waals surface area contributed by atoms with E-state index in [1.54, 1.807) is 18.2 Å². The average molecular weight is 284 g/mol. The fourth-order valence-corrected chi connectivity index (χ4v) is 2.80. The zero-order valence-electron chi connectivity index (χ0n) is 12.1. The molecule has 1 aromatic rings. The van der Waals surface area contributed by atoms with E-state index in [9.17, 15) is 8.42 Å². The van der Waals surface area contributed by atoms with Gasteiger partial charge < -0.3 is 5.32 Å². The van der Waals surface area contributed by atoms with E-state index in [2.05, 4.69) is 23.9 Å². The van der Waals surface area contributed by atoms with Gasteiger partial charge in [-0.25, -0.2) is 13.1 Å². The van der Waals surface area contributed by atoms with E-state index in [1.165, 1.54) is 0 Å². The van der Waals surface area contributed by atoms with E-state index >= 15 is 0 Å². The lowest BCUT2D eigenvalue weighted by Gasteiger charge is -2.16. The van der Waals surface area contributed by atoms with Crippen LogP contribution >= 0.6 is 0 Å². The van der Waals surface area contributed by atoms with Crippen molar-refractivity contribution in [3.8, 4) is 0 Å². The summed E-state index contributed by atoms with van der Waals surface area (Å²) in [6.07, 6.45) is 0. The van der Waals surface area contributed by atoms with Gasteiger partial charge in [0.1, 0.15) is 0 Å². The zero-order chi connectivity index (χ0) is 14.5. The third-order valence-corrected chi connectivity index (χ3v) is 4.74. The SMILES string of the molecule is CNCc1cccc(S(=O)(=O)NCC(C)C(C)C)c1. The molecular formula is C14H24N2O2S. The Morgan fingerprint density at radius 2 is 1.89 bits per heavy atom. The van der Waals surface area contributed by atoms with E-state index in [0.717, 1.165) is 5.56 Å². The molecule has 1 unspecified atom stereocenters. The Bertz CT molecular complexity index is 498. The molecule has 0 spiro atoms. The Labute approximate surface area is 116 Å². The normalized spacial score (nSPS) is 13.7. The van der Waals surface area contributed by atoms with Crippen molar-refractivity contribution in [2.45, 2.75) is 32.2 Å². The lowest BCUT2D eigenvalue weighted by atomic mass is 9.99. The predicted octanol–water partition coefficient (Wildman–Crippen LogP) is 1.98. The predicted molar refractivity (Wildman–Crippen MR) is 78.4 cm³/mol. The van der Waals surface area contributed by atoms with Crippen LogP contribution in [-0.4, -0.2) is 22.0 Å². The largest absolute Gasteiger partial charge is 0.316 e. The summed E-state index contributed by atoms with van der Waals surface area (Å²) in [5.41, 5.74) is 0.960. The van der Waals surface area contributed by atoms with Crippen LogP contribution < -0.4 is 10.0 Å². The summed E-state index contributed by atoms with van der Waals surface area (Å²) < 4.78 is 27.0. The van der Waals surface area contributed by atoms with E-state index < -0.39 is 10.0 Å². The molecule has 1 aromatic carbocycles. The van der Waals surface area contributed by atoms with Crippen molar-refractivity contribution in [3.05, 3.63) is 29.8 Å². The van der Waals surface area contributed by atoms with Gasteiger partial charge in [0, 0.05) is 13.1 Å². The van der Waals surface area contributed by atoms with E-state index in [0.29, 0.717) is 29.8 Å². The molecule has 0 fully saturated rings. The van der Waals surface area contributed by atoms with Crippen LogP contribution in [0.3, 0.4) is 0 Å². The number of sulfonamides is 1. The third kappa shape index (κ3) is 4.93. The molecule has 108 valence electrons. The molecule has 4 nitrogen and oxygen atoms in total. The first-order chi connectivity index (χ1) is 8.86. The molecule has 19 heavy (non-hydrogen) atoms.